The number of hydrogen-bond donors (Lipinski definition) is 1. The molecule has 1 N–H and O–H groups in total. The van der Waals surface area contributed by atoms with E-state index < -0.39 is 30.3 Å². The van der Waals surface area contributed by atoms with E-state index in [4.69, 9.17) is 4.74 Å². The van der Waals surface area contributed by atoms with Crippen LogP contribution in [0.2, 0.25) is 0 Å². The Kier molecular flexibility index (Phi) is 4.49. The molecule has 0 bridgehead atoms. The molecule has 3 aromatic rings. The Bertz CT molecular complexity index is 1030. The Morgan fingerprint density at radius 2 is 2.11 bits per heavy atom. The van der Waals surface area contributed by atoms with Crippen molar-refractivity contribution in [3.05, 3.63) is 59.7 Å². The first-order valence-electron chi connectivity index (χ1n) is 8.87. The van der Waals surface area contributed by atoms with Crippen molar-refractivity contribution in [3.8, 4) is 0 Å². The number of imidazole rings is 1. The average molecular weight is 389 g/mol. The van der Waals surface area contributed by atoms with Crippen molar-refractivity contribution >= 4 is 22.8 Å². The van der Waals surface area contributed by atoms with Crippen LogP contribution in [0.1, 0.15) is 30.5 Å². The van der Waals surface area contributed by atoms with Gasteiger partial charge in [-0.25, -0.2) is 22.9 Å². The number of rotatable bonds is 5. The lowest BCUT2D eigenvalue weighted by molar-refractivity contribution is 0.0131. The molecule has 0 spiro atoms. The van der Waals surface area contributed by atoms with E-state index in [2.05, 4.69) is 9.97 Å². The number of aryl methyl sites for hydroxylation is 1. The standard InChI is InChI=1S/C20H18F3N3O2/c1-20(22,23)7-6-12-2-3-13(8-15(12)21)18-10-28-19(27)26(18)14-4-5-16-17(9-14)25-11-24-16/h2-5,8-9,11,18H,6-7,10H2,1H3,(H,24,25). The molecular formula is C20H18F3N3O2. The third-order valence-electron chi connectivity index (χ3n) is 4.85. The summed E-state index contributed by atoms with van der Waals surface area (Å²) in [4.78, 5) is 20.9. The third-order valence-corrected chi connectivity index (χ3v) is 4.85. The zero-order valence-electron chi connectivity index (χ0n) is 15.1. The Morgan fingerprint density at radius 3 is 2.86 bits per heavy atom. The first-order chi connectivity index (χ1) is 13.3. The van der Waals surface area contributed by atoms with Crippen LogP contribution in [0.3, 0.4) is 0 Å². The molecule has 1 unspecified atom stereocenters. The minimum Gasteiger partial charge on any atom is -0.447 e. The summed E-state index contributed by atoms with van der Waals surface area (Å²) in [6, 6.07) is 9.22. The monoisotopic (exact) mass is 389 g/mol. The number of cyclic esters (lactones) is 1. The number of ether oxygens (including phenoxy) is 1. The second kappa shape index (κ2) is 6.85. The number of hydrogen-bond acceptors (Lipinski definition) is 3. The number of nitrogens with zero attached hydrogens (tertiary/aromatic N) is 2. The highest BCUT2D eigenvalue weighted by Crippen LogP contribution is 2.35. The molecule has 1 amide bonds. The summed E-state index contributed by atoms with van der Waals surface area (Å²) in [6.07, 6.45) is 0.543. The van der Waals surface area contributed by atoms with Crippen LogP contribution in [-0.2, 0) is 11.2 Å². The molecule has 0 saturated carbocycles. The van der Waals surface area contributed by atoms with E-state index in [-0.39, 0.29) is 18.6 Å². The van der Waals surface area contributed by atoms with Crippen LogP contribution >= 0.6 is 0 Å². The summed E-state index contributed by atoms with van der Waals surface area (Å²) >= 11 is 0. The minimum absolute atomic E-state index is 0.0596. The summed E-state index contributed by atoms with van der Waals surface area (Å²) in [5, 5.41) is 0. The SMILES string of the molecule is CC(F)(F)CCc1ccc(C2COC(=O)N2c2ccc3nc[nH]c3c2)cc1F. The zero-order chi connectivity index (χ0) is 19.9. The number of aromatic amines is 1. The number of anilines is 1. The van der Waals surface area contributed by atoms with E-state index in [1.807, 2.05) is 0 Å². The topological polar surface area (TPSA) is 58.2 Å². The van der Waals surface area contributed by atoms with Gasteiger partial charge in [0.1, 0.15) is 12.4 Å². The van der Waals surface area contributed by atoms with Crippen molar-refractivity contribution < 1.29 is 22.7 Å². The molecule has 1 atom stereocenters. The number of fused-ring (bicyclic) bond motifs is 1. The Balaban J connectivity index is 1.62. The molecule has 146 valence electrons. The van der Waals surface area contributed by atoms with Crippen molar-refractivity contribution in [1.82, 2.24) is 9.97 Å². The molecule has 28 heavy (non-hydrogen) atoms. The maximum atomic E-state index is 14.5. The van der Waals surface area contributed by atoms with Gasteiger partial charge in [0.2, 0.25) is 5.92 Å². The predicted molar refractivity (Wildman–Crippen MR) is 98.0 cm³/mol. The van der Waals surface area contributed by atoms with Gasteiger partial charge < -0.3 is 9.72 Å². The molecule has 1 fully saturated rings. The van der Waals surface area contributed by atoms with E-state index in [1.165, 1.54) is 17.0 Å². The van der Waals surface area contributed by atoms with Crippen LogP contribution < -0.4 is 4.90 Å². The lowest BCUT2D eigenvalue weighted by Crippen LogP contribution is -2.27. The molecule has 1 aliphatic heterocycles. The number of carbonyl (C=O) groups is 1. The van der Waals surface area contributed by atoms with E-state index in [0.717, 1.165) is 18.0 Å². The van der Waals surface area contributed by atoms with Gasteiger partial charge in [0.25, 0.3) is 0 Å². The Labute approximate surface area is 159 Å². The molecule has 5 nitrogen and oxygen atoms in total. The predicted octanol–water partition coefficient (Wildman–Crippen LogP) is 4.99. The second-order valence-corrected chi connectivity index (χ2v) is 6.99. The van der Waals surface area contributed by atoms with Crippen LogP contribution in [0.15, 0.2) is 42.7 Å². The number of H-pyrrole nitrogens is 1. The van der Waals surface area contributed by atoms with Crippen molar-refractivity contribution in [1.29, 1.82) is 0 Å². The van der Waals surface area contributed by atoms with E-state index >= 15 is 0 Å². The van der Waals surface area contributed by atoms with Gasteiger partial charge in [-0.2, -0.15) is 0 Å². The molecule has 2 aromatic carbocycles. The van der Waals surface area contributed by atoms with Crippen molar-refractivity contribution in [2.75, 3.05) is 11.5 Å². The van der Waals surface area contributed by atoms with E-state index in [1.54, 1.807) is 30.6 Å². The van der Waals surface area contributed by atoms with Crippen LogP contribution in [0.25, 0.3) is 11.0 Å². The Morgan fingerprint density at radius 1 is 1.29 bits per heavy atom. The fourth-order valence-electron chi connectivity index (χ4n) is 3.35. The first kappa shape index (κ1) is 18.3. The fourth-order valence-corrected chi connectivity index (χ4v) is 3.35. The minimum atomic E-state index is -2.85. The maximum absolute atomic E-state index is 14.5. The number of benzene rings is 2. The van der Waals surface area contributed by atoms with E-state index in [9.17, 15) is 18.0 Å². The van der Waals surface area contributed by atoms with Crippen LogP contribution in [0.5, 0.6) is 0 Å². The summed E-state index contributed by atoms with van der Waals surface area (Å²) in [5.41, 5.74) is 2.88. The smallest absolute Gasteiger partial charge is 0.415 e. The molecule has 0 aliphatic carbocycles. The molecule has 1 aromatic heterocycles. The van der Waals surface area contributed by atoms with Crippen molar-refractivity contribution in [2.24, 2.45) is 0 Å². The largest absolute Gasteiger partial charge is 0.447 e. The zero-order valence-corrected chi connectivity index (χ0v) is 15.1. The fraction of sp³-hybridized carbons (Fsp3) is 0.300. The molecule has 2 heterocycles. The number of halogens is 3. The number of alkyl halides is 2. The first-order valence-corrected chi connectivity index (χ1v) is 8.87. The maximum Gasteiger partial charge on any atom is 0.415 e. The van der Waals surface area contributed by atoms with Gasteiger partial charge in [0.05, 0.1) is 29.1 Å². The second-order valence-electron chi connectivity index (χ2n) is 6.99. The third kappa shape index (κ3) is 3.54. The summed E-state index contributed by atoms with van der Waals surface area (Å²) in [7, 11) is 0. The molecule has 1 aliphatic rings. The van der Waals surface area contributed by atoms with Crippen LogP contribution in [-0.4, -0.2) is 28.6 Å². The summed E-state index contributed by atoms with van der Waals surface area (Å²) in [6.45, 7) is 0.890. The van der Waals surface area contributed by atoms with Gasteiger partial charge in [-0.05, 0) is 48.7 Å². The van der Waals surface area contributed by atoms with Gasteiger partial charge >= 0.3 is 6.09 Å². The molecular weight excluding hydrogens is 371 g/mol. The normalized spacial score (nSPS) is 17.4. The number of amides is 1. The van der Waals surface area contributed by atoms with Gasteiger partial charge in [-0.3, -0.25) is 4.90 Å². The van der Waals surface area contributed by atoms with Gasteiger partial charge in [0, 0.05) is 6.42 Å². The van der Waals surface area contributed by atoms with Gasteiger partial charge in [0.15, 0.2) is 0 Å². The van der Waals surface area contributed by atoms with Crippen LogP contribution in [0, 0.1) is 5.82 Å². The quantitative estimate of drug-likeness (QED) is 0.669. The van der Waals surface area contributed by atoms with Crippen molar-refractivity contribution in [3.63, 3.8) is 0 Å². The highest BCUT2D eigenvalue weighted by atomic mass is 19.3. The molecule has 4 rings (SSSR count). The summed E-state index contributed by atoms with van der Waals surface area (Å²) < 4.78 is 45.7. The summed E-state index contributed by atoms with van der Waals surface area (Å²) in [5.74, 6) is -3.41. The van der Waals surface area contributed by atoms with Gasteiger partial charge in [-0.15, -0.1) is 0 Å². The lowest BCUT2D eigenvalue weighted by atomic mass is 10.0. The molecule has 0 radical (unpaired) electrons. The molecule has 1 saturated heterocycles. The number of carbonyl (C=O) groups excluding carboxylic acids is 1. The Hall–Kier alpha value is -3.03. The van der Waals surface area contributed by atoms with Gasteiger partial charge in [-0.1, -0.05) is 12.1 Å². The number of nitrogens with one attached hydrogen (secondary N) is 1. The average Bonchev–Trinajstić information content (AvgIpc) is 3.25. The van der Waals surface area contributed by atoms with Crippen molar-refractivity contribution in [2.45, 2.75) is 31.7 Å². The number of aromatic nitrogens is 2. The molecule has 8 heteroatoms. The lowest BCUT2D eigenvalue weighted by Gasteiger charge is -2.22. The highest BCUT2D eigenvalue weighted by Gasteiger charge is 2.36. The van der Waals surface area contributed by atoms with Crippen LogP contribution in [0.4, 0.5) is 23.7 Å². The highest BCUT2D eigenvalue weighted by molar-refractivity contribution is 5.93. The van der Waals surface area contributed by atoms with E-state index in [0.29, 0.717) is 11.3 Å².